The molecule has 0 amide bonds. The number of aromatic nitrogens is 1. The van der Waals surface area contributed by atoms with E-state index in [0.29, 0.717) is 0 Å². The molecule has 0 radical (unpaired) electrons. The van der Waals surface area contributed by atoms with Gasteiger partial charge in [0, 0.05) is 12.8 Å². The second-order valence-electron chi connectivity index (χ2n) is 5.37. The Morgan fingerprint density at radius 1 is 1.33 bits per heavy atom. The average Bonchev–Trinajstić information content (AvgIpc) is 3.03. The fraction of sp³-hybridized carbons (Fsp3) is 0.800. The summed E-state index contributed by atoms with van der Waals surface area (Å²) < 4.78 is 5.78. The van der Waals surface area contributed by atoms with Gasteiger partial charge in [-0.3, -0.25) is 0 Å². The predicted octanol–water partition coefficient (Wildman–Crippen LogP) is 3.34. The highest BCUT2D eigenvalue weighted by atomic mass is 16.4. The van der Waals surface area contributed by atoms with Crippen LogP contribution in [0.2, 0.25) is 0 Å². The van der Waals surface area contributed by atoms with Crippen LogP contribution < -0.4 is 5.32 Å². The molecule has 1 heterocycles. The standard InChI is InChI=1S/C15H26N2O/c1-2-16-11-5-8-15-17-12-14(18-15)10-9-13-6-3-4-7-13/h12-13,16H,2-11H2,1H3. The smallest absolute Gasteiger partial charge is 0.194 e. The van der Waals surface area contributed by atoms with Gasteiger partial charge in [-0.2, -0.15) is 0 Å². The molecule has 1 N–H and O–H groups in total. The van der Waals surface area contributed by atoms with Crippen LogP contribution in [0.5, 0.6) is 0 Å². The molecule has 0 spiro atoms. The minimum Gasteiger partial charge on any atom is -0.446 e. The van der Waals surface area contributed by atoms with E-state index < -0.39 is 0 Å². The summed E-state index contributed by atoms with van der Waals surface area (Å²) in [6.07, 6.45) is 12.0. The van der Waals surface area contributed by atoms with E-state index >= 15 is 0 Å². The maximum Gasteiger partial charge on any atom is 0.194 e. The van der Waals surface area contributed by atoms with E-state index in [0.717, 1.165) is 49.9 Å². The Morgan fingerprint density at radius 3 is 2.94 bits per heavy atom. The first-order valence-electron chi connectivity index (χ1n) is 7.52. The second-order valence-corrected chi connectivity index (χ2v) is 5.37. The molecule has 1 fully saturated rings. The van der Waals surface area contributed by atoms with E-state index in [1.54, 1.807) is 0 Å². The SMILES string of the molecule is CCNCCCc1ncc(CCC2CCCC2)o1. The lowest BCUT2D eigenvalue weighted by atomic mass is 10.0. The summed E-state index contributed by atoms with van der Waals surface area (Å²) in [5.41, 5.74) is 0. The molecule has 0 unspecified atom stereocenters. The summed E-state index contributed by atoms with van der Waals surface area (Å²) in [5.74, 6) is 2.93. The highest BCUT2D eigenvalue weighted by Crippen LogP contribution is 2.28. The van der Waals surface area contributed by atoms with E-state index in [-0.39, 0.29) is 0 Å². The molecule has 3 nitrogen and oxygen atoms in total. The summed E-state index contributed by atoms with van der Waals surface area (Å²) >= 11 is 0. The predicted molar refractivity (Wildman–Crippen MR) is 73.6 cm³/mol. The molecule has 1 aliphatic rings. The van der Waals surface area contributed by atoms with E-state index in [9.17, 15) is 0 Å². The first kappa shape index (κ1) is 13.6. The van der Waals surface area contributed by atoms with Crippen molar-refractivity contribution in [1.82, 2.24) is 10.3 Å². The Kier molecular flexibility index (Phi) is 5.72. The van der Waals surface area contributed by atoms with Crippen LogP contribution in [0.15, 0.2) is 10.6 Å². The molecule has 0 aliphatic heterocycles. The summed E-state index contributed by atoms with van der Waals surface area (Å²) in [7, 11) is 0. The van der Waals surface area contributed by atoms with Crippen molar-refractivity contribution in [2.24, 2.45) is 5.92 Å². The lowest BCUT2D eigenvalue weighted by Gasteiger charge is -2.05. The van der Waals surface area contributed by atoms with Crippen LogP contribution in [0.1, 0.15) is 57.1 Å². The number of nitrogens with zero attached hydrogens (tertiary/aromatic N) is 1. The Balaban J connectivity index is 1.65. The largest absolute Gasteiger partial charge is 0.446 e. The van der Waals surface area contributed by atoms with Crippen molar-refractivity contribution in [3.05, 3.63) is 17.8 Å². The van der Waals surface area contributed by atoms with Crippen LogP contribution in [0, 0.1) is 5.92 Å². The quantitative estimate of drug-likeness (QED) is 0.719. The van der Waals surface area contributed by atoms with Gasteiger partial charge < -0.3 is 9.73 Å². The minimum absolute atomic E-state index is 0.911. The normalized spacial score (nSPS) is 16.5. The topological polar surface area (TPSA) is 38.1 Å². The highest BCUT2D eigenvalue weighted by molar-refractivity contribution is 4.95. The number of hydrogen-bond acceptors (Lipinski definition) is 3. The number of hydrogen-bond donors (Lipinski definition) is 1. The number of rotatable bonds is 8. The van der Waals surface area contributed by atoms with Crippen LogP contribution in [0.4, 0.5) is 0 Å². The Bertz CT molecular complexity index is 329. The fourth-order valence-electron chi connectivity index (χ4n) is 2.77. The zero-order valence-electron chi connectivity index (χ0n) is 11.6. The van der Waals surface area contributed by atoms with E-state index in [4.69, 9.17) is 4.42 Å². The van der Waals surface area contributed by atoms with Gasteiger partial charge in [-0.25, -0.2) is 4.98 Å². The van der Waals surface area contributed by atoms with Gasteiger partial charge >= 0.3 is 0 Å². The van der Waals surface area contributed by atoms with Crippen LogP contribution in [0.25, 0.3) is 0 Å². The zero-order valence-corrected chi connectivity index (χ0v) is 11.6. The third kappa shape index (κ3) is 4.45. The molecule has 102 valence electrons. The van der Waals surface area contributed by atoms with Crippen molar-refractivity contribution in [2.75, 3.05) is 13.1 Å². The van der Waals surface area contributed by atoms with Crippen LogP contribution in [-0.2, 0) is 12.8 Å². The van der Waals surface area contributed by atoms with Crippen molar-refractivity contribution in [3.63, 3.8) is 0 Å². The summed E-state index contributed by atoms with van der Waals surface area (Å²) in [5, 5.41) is 3.32. The Hall–Kier alpha value is -0.830. The van der Waals surface area contributed by atoms with Crippen LogP contribution in [0.3, 0.4) is 0 Å². The molecule has 2 rings (SSSR count). The van der Waals surface area contributed by atoms with Gasteiger partial charge in [0.15, 0.2) is 5.89 Å². The lowest BCUT2D eigenvalue weighted by molar-refractivity contribution is 0.418. The van der Waals surface area contributed by atoms with Gasteiger partial charge in [0.1, 0.15) is 5.76 Å². The Labute approximate surface area is 110 Å². The molecule has 3 heteroatoms. The molecule has 0 saturated heterocycles. The van der Waals surface area contributed by atoms with Gasteiger partial charge in [0.2, 0.25) is 0 Å². The second kappa shape index (κ2) is 7.57. The van der Waals surface area contributed by atoms with Gasteiger partial charge in [0.25, 0.3) is 0 Å². The summed E-state index contributed by atoms with van der Waals surface area (Å²) in [6, 6.07) is 0. The summed E-state index contributed by atoms with van der Waals surface area (Å²) in [4.78, 5) is 4.36. The first-order chi connectivity index (χ1) is 8.88. The molecule has 0 aromatic carbocycles. The number of nitrogens with one attached hydrogen (secondary N) is 1. The Morgan fingerprint density at radius 2 is 2.17 bits per heavy atom. The average molecular weight is 250 g/mol. The van der Waals surface area contributed by atoms with Gasteiger partial charge in [0.05, 0.1) is 6.20 Å². The first-order valence-corrected chi connectivity index (χ1v) is 7.52. The molecule has 1 aromatic heterocycles. The van der Waals surface area contributed by atoms with Gasteiger partial charge in [-0.05, 0) is 31.8 Å². The maximum atomic E-state index is 5.78. The van der Waals surface area contributed by atoms with Crippen molar-refractivity contribution in [2.45, 2.75) is 58.3 Å². The molecular weight excluding hydrogens is 224 g/mol. The summed E-state index contributed by atoms with van der Waals surface area (Å²) in [6.45, 7) is 4.22. The molecule has 1 aliphatic carbocycles. The molecule has 18 heavy (non-hydrogen) atoms. The molecule has 0 bridgehead atoms. The molecule has 0 atom stereocenters. The minimum atomic E-state index is 0.911. The van der Waals surface area contributed by atoms with E-state index in [1.165, 1.54) is 32.1 Å². The monoisotopic (exact) mass is 250 g/mol. The van der Waals surface area contributed by atoms with E-state index in [2.05, 4.69) is 17.2 Å². The third-order valence-electron chi connectivity index (χ3n) is 3.87. The zero-order chi connectivity index (χ0) is 12.6. The van der Waals surface area contributed by atoms with Crippen molar-refractivity contribution in [1.29, 1.82) is 0 Å². The van der Waals surface area contributed by atoms with E-state index in [1.807, 2.05) is 6.20 Å². The lowest BCUT2D eigenvalue weighted by Crippen LogP contribution is -2.14. The van der Waals surface area contributed by atoms with Crippen LogP contribution in [-0.4, -0.2) is 18.1 Å². The third-order valence-corrected chi connectivity index (χ3v) is 3.87. The van der Waals surface area contributed by atoms with Gasteiger partial charge in [-0.1, -0.05) is 32.6 Å². The van der Waals surface area contributed by atoms with Crippen molar-refractivity contribution < 1.29 is 4.42 Å². The van der Waals surface area contributed by atoms with Gasteiger partial charge in [-0.15, -0.1) is 0 Å². The maximum absolute atomic E-state index is 5.78. The van der Waals surface area contributed by atoms with Crippen molar-refractivity contribution in [3.8, 4) is 0 Å². The van der Waals surface area contributed by atoms with Crippen molar-refractivity contribution >= 4 is 0 Å². The molecule has 1 saturated carbocycles. The number of oxazole rings is 1. The molecular formula is C15H26N2O. The van der Waals surface area contributed by atoms with Crippen LogP contribution >= 0.6 is 0 Å². The fourth-order valence-corrected chi connectivity index (χ4v) is 2.77. The highest BCUT2D eigenvalue weighted by Gasteiger charge is 2.15. The number of aryl methyl sites for hydroxylation is 2. The molecule has 1 aromatic rings.